The van der Waals surface area contributed by atoms with Gasteiger partial charge in [0.05, 0.1) is 6.61 Å². The zero-order valence-corrected chi connectivity index (χ0v) is 24.3. The third-order valence-corrected chi connectivity index (χ3v) is 8.57. The number of ether oxygens (including phenoxy) is 1. The normalized spacial score (nSPS) is 17.2. The molecule has 4 heteroatoms. The van der Waals surface area contributed by atoms with Crippen molar-refractivity contribution in [3.05, 3.63) is 77.6 Å². The van der Waals surface area contributed by atoms with E-state index >= 15 is 4.39 Å². The molecule has 1 aliphatic carbocycles. The van der Waals surface area contributed by atoms with Gasteiger partial charge in [0.1, 0.15) is 5.82 Å². The highest BCUT2D eigenvalue weighted by molar-refractivity contribution is 5.71. The van der Waals surface area contributed by atoms with E-state index in [-0.39, 0.29) is 17.1 Å². The molecule has 0 aromatic heterocycles. The minimum atomic E-state index is -0.953. The summed E-state index contributed by atoms with van der Waals surface area (Å²) in [5.74, 6) is -0.970. The van der Waals surface area contributed by atoms with Crippen LogP contribution in [0.3, 0.4) is 0 Å². The van der Waals surface area contributed by atoms with Crippen molar-refractivity contribution in [1.82, 2.24) is 0 Å². The summed E-state index contributed by atoms with van der Waals surface area (Å²) >= 11 is 0. The van der Waals surface area contributed by atoms with Crippen LogP contribution in [0.5, 0.6) is 5.75 Å². The van der Waals surface area contributed by atoms with E-state index in [1.54, 1.807) is 24.3 Å². The third kappa shape index (κ3) is 7.92. The number of hydrogen-bond acceptors (Lipinski definition) is 1. The average molecular weight is 551 g/mol. The van der Waals surface area contributed by atoms with Gasteiger partial charge in [-0.05, 0) is 84.4 Å². The maximum atomic E-state index is 15.1. The first kappa shape index (κ1) is 30.2. The molecule has 0 bridgehead atoms. The standard InChI is InChI=1S/C36H45F3O/c1-3-5-6-7-8-9-10-24-40-34-23-22-32(35(38)36(34)39)29-18-16-27(17-19-29)30-20-21-31(33(37)25-30)28-14-12-26(11-4-2)13-15-28/h16-23,25-26,28H,3-15,24H2,1-2H3. The molecule has 4 rings (SSSR count). The molecule has 0 saturated heterocycles. The van der Waals surface area contributed by atoms with Gasteiger partial charge in [-0.25, -0.2) is 8.78 Å². The van der Waals surface area contributed by atoms with E-state index < -0.39 is 11.6 Å². The topological polar surface area (TPSA) is 9.23 Å². The molecule has 0 N–H and O–H groups in total. The first-order chi connectivity index (χ1) is 19.5. The maximum Gasteiger partial charge on any atom is 0.201 e. The lowest BCUT2D eigenvalue weighted by Crippen LogP contribution is -2.14. The van der Waals surface area contributed by atoms with Crippen LogP contribution in [-0.2, 0) is 0 Å². The number of hydrogen-bond donors (Lipinski definition) is 0. The van der Waals surface area contributed by atoms with Crippen molar-refractivity contribution >= 4 is 0 Å². The van der Waals surface area contributed by atoms with Gasteiger partial charge in [0.15, 0.2) is 11.6 Å². The van der Waals surface area contributed by atoms with Crippen molar-refractivity contribution in [1.29, 1.82) is 0 Å². The molecule has 0 aliphatic heterocycles. The van der Waals surface area contributed by atoms with Gasteiger partial charge in [-0.15, -0.1) is 0 Å². The molecular weight excluding hydrogens is 505 g/mol. The molecule has 216 valence electrons. The van der Waals surface area contributed by atoms with Crippen molar-refractivity contribution in [2.24, 2.45) is 5.92 Å². The molecule has 1 nitrogen and oxygen atoms in total. The van der Waals surface area contributed by atoms with Gasteiger partial charge in [-0.1, -0.05) is 102 Å². The number of halogens is 3. The van der Waals surface area contributed by atoms with Crippen LogP contribution in [-0.4, -0.2) is 6.61 Å². The van der Waals surface area contributed by atoms with Crippen molar-refractivity contribution < 1.29 is 17.9 Å². The van der Waals surface area contributed by atoms with Crippen LogP contribution in [0.1, 0.15) is 109 Å². The van der Waals surface area contributed by atoms with Gasteiger partial charge in [0, 0.05) is 5.56 Å². The summed E-state index contributed by atoms with van der Waals surface area (Å²) in [6, 6.07) is 15.8. The fourth-order valence-electron chi connectivity index (χ4n) is 6.16. The summed E-state index contributed by atoms with van der Waals surface area (Å²) in [6.45, 7) is 4.81. The maximum absolute atomic E-state index is 15.1. The van der Waals surface area contributed by atoms with Gasteiger partial charge in [0.25, 0.3) is 0 Å². The Kier molecular flexibility index (Phi) is 11.6. The van der Waals surface area contributed by atoms with Crippen LogP contribution in [0.2, 0.25) is 0 Å². The lowest BCUT2D eigenvalue weighted by Gasteiger charge is -2.29. The molecule has 1 aliphatic rings. The quantitative estimate of drug-likeness (QED) is 0.181. The number of rotatable bonds is 14. The lowest BCUT2D eigenvalue weighted by atomic mass is 9.77. The number of unbranched alkanes of at least 4 members (excludes halogenated alkanes) is 6. The molecule has 0 heterocycles. The predicted octanol–water partition coefficient (Wildman–Crippen LogP) is 11.6. The zero-order chi connectivity index (χ0) is 28.3. The Morgan fingerprint density at radius 2 is 1.30 bits per heavy atom. The van der Waals surface area contributed by atoms with E-state index in [4.69, 9.17) is 4.74 Å². The molecular formula is C36H45F3O. The van der Waals surface area contributed by atoms with Crippen LogP contribution in [0, 0.1) is 23.4 Å². The van der Waals surface area contributed by atoms with Crippen LogP contribution >= 0.6 is 0 Å². The second kappa shape index (κ2) is 15.3. The first-order valence-electron chi connectivity index (χ1n) is 15.5. The Bertz CT molecular complexity index is 1200. The number of benzene rings is 3. The van der Waals surface area contributed by atoms with Gasteiger partial charge in [-0.3, -0.25) is 0 Å². The summed E-state index contributed by atoms with van der Waals surface area (Å²) in [5, 5.41) is 0. The van der Waals surface area contributed by atoms with Gasteiger partial charge >= 0.3 is 0 Å². The van der Waals surface area contributed by atoms with E-state index in [1.807, 2.05) is 24.3 Å². The van der Waals surface area contributed by atoms with Crippen LogP contribution in [0.4, 0.5) is 13.2 Å². The fourth-order valence-corrected chi connectivity index (χ4v) is 6.16. The molecule has 0 atom stereocenters. The van der Waals surface area contributed by atoms with Gasteiger partial charge < -0.3 is 4.74 Å². The Balaban J connectivity index is 1.35. The second-order valence-corrected chi connectivity index (χ2v) is 11.5. The van der Waals surface area contributed by atoms with Gasteiger partial charge in [-0.2, -0.15) is 4.39 Å². The average Bonchev–Trinajstić information content (AvgIpc) is 2.97. The SMILES string of the molecule is CCCCCCCCCOc1ccc(-c2ccc(-c3ccc(C4CCC(CCC)CC4)c(F)c3)cc2)c(F)c1F. The molecule has 1 saturated carbocycles. The largest absolute Gasteiger partial charge is 0.490 e. The van der Waals surface area contributed by atoms with E-state index in [1.165, 1.54) is 57.4 Å². The lowest BCUT2D eigenvalue weighted by molar-refractivity contribution is 0.285. The van der Waals surface area contributed by atoms with Crippen molar-refractivity contribution in [3.8, 4) is 28.0 Å². The fraction of sp³-hybridized carbons (Fsp3) is 0.500. The molecule has 0 amide bonds. The first-order valence-corrected chi connectivity index (χ1v) is 15.5. The van der Waals surface area contributed by atoms with E-state index in [9.17, 15) is 8.78 Å². The van der Waals surface area contributed by atoms with Crippen molar-refractivity contribution in [2.45, 2.75) is 103 Å². The zero-order valence-electron chi connectivity index (χ0n) is 24.3. The second-order valence-electron chi connectivity index (χ2n) is 11.5. The Hall–Kier alpha value is -2.75. The molecule has 0 spiro atoms. The molecule has 3 aromatic rings. The molecule has 40 heavy (non-hydrogen) atoms. The Morgan fingerprint density at radius 3 is 1.98 bits per heavy atom. The van der Waals surface area contributed by atoms with E-state index in [0.717, 1.165) is 54.7 Å². The van der Waals surface area contributed by atoms with Gasteiger partial charge in [0.2, 0.25) is 5.82 Å². The highest BCUT2D eigenvalue weighted by Gasteiger charge is 2.24. The molecule has 0 unspecified atom stereocenters. The van der Waals surface area contributed by atoms with Crippen molar-refractivity contribution in [2.75, 3.05) is 6.61 Å². The summed E-state index contributed by atoms with van der Waals surface area (Å²) in [5.41, 5.74) is 3.21. The van der Waals surface area contributed by atoms with Crippen LogP contribution in [0.25, 0.3) is 22.3 Å². The monoisotopic (exact) mass is 550 g/mol. The van der Waals surface area contributed by atoms with Crippen LogP contribution < -0.4 is 4.74 Å². The summed E-state index contributed by atoms with van der Waals surface area (Å²) in [6.07, 6.45) is 14.9. The summed E-state index contributed by atoms with van der Waals surface area (Å²) < 4.78 is 50.4. The molecule has 1 fully saturated rings. The predicted molar refractivity (Wildman–Crippen MR) is 160 cm³/mol. The summed E-state index contributed by atoms with van der Waals surface area (Å²) in [7, 11) is 0. The van der Waals surface area contributed by atoms with E-state index in [0.29, 0.717) is 18.1 Å². The Labute approximate surface area is 239 Å². The minimum absolute atomic E-state index is 0.0433. The third-order valence-electron chi connectivity index (χ3n) is 8.57. The van der Waals surface area contributed by atoms with Crippen LogP contribution in [0.15, 0.2) is 54.6 Å². The highest BCUT2D eigenvalue weighted by atomic mass is 19.2. The summed E-state index contributed by atoms with van der Waals surface area (Å²) in [4.78, 5) is 0. The Morgan fingerprint density at radius 1 is 0.650 bits per heavy atom. The highest BCUT2D eigenvalue weighted by Crippen LogP contribution is 2.39. The molecule has 0 radical (unpaired) electrons. The minimum Gasteiger partial charge on any atom is -0.490 e. The van der Waals surface area contributed by atoms with Crippen molar-refractivity contribution in [3.63, 3.8) is 0 Å². The molecule has 3 aromatic carbocycles. The smallest absolute Gasteiger partial charge is 0.201 e. The van der Waals surface area contributed by atoms with E-state index in [2.05, 4.69) is 13.8 Å².